The summed E-state index contributed by atoms with van der Waals surface area (Å²) in [6, 6.07) is 0. The molecule has 0 radical (unpaired) electrons. The van der Waals surface area contributed by atoms with Crippen molar-refractivity contribution in [3.8, 4) is 0 Å². The molecule has 0 aromatic rings. The van der Waals surface area contributed by atoms with Gasteiger partial charge in [-0.1, -0.05) is 19.9 Å². The molecule has 0 saturated heterocycles. The molecule has 0 N–H and O–H groups in total. The van der Waals surface area contributed by atoms with E-state index in [1.165, 1.54) is 18.9 Å². The maximum absolute atomic E-state index is 10.8. The monoisotopic (exact) mass is 194 g/mol. The first-order chi connectivity index (χ1) is 6.44. The average Bonchev–Trinajstić information content (AvgIpc) is 2.46. The molecule has 2 heteroatoms. The molecule has 0 aromatic heterocycles. The Morgan fingerprint density at radius 1 is 1.64 bits per heavy atom. The van der Waals surface area contributed by atoms with Crippen LogP contribution in [0.25, 0.3) is 0 Å². The summed E-state index contributed by atoms with van der Waals surface area (Å²) in [4.78, 5) is 10.8. The van der Waals surface area contributed by atoms with Crippen molar-refractivity contribution in [1.82, 2.24) is 0 Å². The summed E-state index contributed by atoms with van der Waals surface area (Å²) < 4.78 is 5.22. The van der Waals surface area contributed by atoms with Crippen LogP contribution < -0.4 is 0 Å². The van der Waals surface area contributed by atoms with Crippen molar-refractivity contribution in [2.75, 3.05) is 0 Å². The first kappa shape index (κ1) is 9.75. The van der Waals surface area contributed by atoms with E-state index in [-0.39, 0.29) is 12.1 Å². The zero-order chi connectivity index (χ0) is 10.5. The van der Waals surface area contributed by atoms with Gasteiger partial charge in [0.05, 0.1) is 0 Å². The Labute approximate surface area is 85.3 Å². The largest absolute Gasteiger partial charge is 0.458 e. The van der Waals surface area contributed by atoms with E-state index in [0.29, 0.717) is 11.3 Å². The van der Waals surface area contributed by atoms with Crippen LogP contribution in [0.3, 0.4) is 0 Å². The summed E-state index contributed by atoms with van der Waals surface area (Å²) in [6.07, 6.45) is 3.40. The fourth-order valence-corrected chi connectivity index (χ4v) is 2.97. The fourth-order valence-electron chi connectivity index (χ4n) is 2.97. The van der Waals surface area contributed by atoms with Gasteiger partial charge in [-0.3, -0.25) is 4.79 Å². The average molecular weight is 194 g/mol. The van der Waals surface area contributed by atoms with E-state index in [0.717, 1.165) is 5.92 Å². The van der Waals surface area contributed by atoms with Crippen LogP contribution in [0.5, 0.6) is 0 Å². The number of ether oxygens (including phenoxy) is 1. The highest BCUT2D eigenvalue weighted by Crippen LogP contribution is 2.67. The summed E-state index contributed by atoms with van der Waals surface area (Å²) in [5.74, 6) is 1.28. The summed E-state index contributed by atoms with van der Waals surface area (Å²) in [5.41, 5.74) is 1.79. The molecule has 0 aliphatic heterocycles. The van der Waals surface area contributed by atoms with Crippen molar-refractivity contribution < 1.29 is 9.53 Å². The van der Waals surface area contributed by atoms with Crippen molar-refractivity contribution in [1.29, 1.82) is 0 Å². The maximum atomic E-state index is 10.8. The Balaban J connectivity index is 2.03. The Morgan fingerprint density at radius 2 is 2.29 bits per heavy atom. The number of hydrogen-bond acceptors (Lipinski definition) is 2. The molecular formula is C12H18O2. The third-order valence-corrected chi connectivity index (χ3v) is 3.83. The topological polar surface area (TPSA) is 26.3 Å². The molecule has 0 unspecified atom stereocenters. The fraction of sp³-hybridized carbons (Fsp3) is 0.750. The summed E-state index contributed by atoms with van der Waals surface area (Å²) in [5, 5.41) is 0. The number of rotatable bonds is 2. The van der Waals surface area contributed by atoms with Gasteiger partial charge in [0.2, 0.25) is 0 Å². The SMILES string of the molecule is CC(=O)O[C@@H](C)C1=CC[C@@H]2[C@H]1C2(C)C. The second-order valence-corrected chi connectivity index (χ2v) is 5.10. The van der Waals surface area contributed by atoms with Gasteiger partial charge in [0.15, 0.2) is 0 Å². The summed E-state index contributed by atoms with van der Waals surface area (Å²) in [6.45, 7) is 8.05. The molecule has 2 nitrogen and oxygen atoms in total. The van der Waals surface area contributed by atoms with Crippen LogP contribution >= 0.6 is 0 Å². The van der Waals surface area contributed by atoms with Crippen molar-refractivity contribution in [3.05, 3.63) is 11.6 Å². The van der Waals surface area contributed by atoms with Crippen molar-refractivity contribution >= 4 is 5.97 Å². The van der Waals surface area contributed by atoms with Gasteiger partial charge in [0.25, 0.3) is 0 Å². The lowest BCUT2D eigenvalue weighted by Gasteiger charge is -2.17. The van der Waals surface area contributed by atoms with Crippen molar-refractivity contribution in [2.45, 2.75) is 40.2 Å². The van der Waals surface area contributed by atoms with Gasteiger partial charge < -0.3 is 4.74 Å². The first-order valence-electron chi connectivity index (χ1n) is 5.31. The lowest BCUT2D eigenvalue weighted by Crippen LogP contribution is -2.17. The van der Waals surface area contributed by atoms with Crippen LogP contribution in [0.4, 0.5) is 0 Å². The molecule has 0 heterocycles. The highest BCUT2D eigenvalue weighted by atomic mass is 16.5. The standard InChI is InChI=1S/C12H18O2/c1-7(14-8(2)13)9-5-6-10-11(9)12(10,3)4/h5,7,10-11H,6H2,1-4H3/t7-,10+,11-/m0/s1. The summed E-state index contributed by atoms with van der Waals surface area (Å²) >= 11 is 0. The van der Waals surface area contributed by atoms with Crippen molar-refractivity contribution in [2.24, 2.45) is 17.3 Å². The van der Waals surface area contributed by atoms with Gasteiger partial charge in [-0.15, -0.1) is 0 Å². The molecule has 0 amide bonds. The number of allylic oxidation sites excluding steroid dienone is 1. The van der Waals surface area contributed by atoms with Crippen molar-refractivity contribution in [3.63, 3.8) is 0 Å². The van der Waals surface area contributed by atoms with Gasteiger partial charge in [-0.2, -0.15) is 0 Å². The minimum Gasteiger partial charge on any atom is -0.458 e. The third-order valence-electron chi connectivity index (χ3n) is 3.83. The zero-order valence-electron chi connectivity index (χ0n) is 9.33. The smallest absolute Gasteiger partial charge is 0.303 e. The van der Waals surface area contributed by atoms with E-state index in [4.69, 9.17) is 4.74 Å². The molecule has 0 spiro atoms. The number of carbonyl (C=O) groups excluding carboxylic acids is 1. The van der Waals surface area contributed by atoms with Crippen LogP contribution in [-0.4, -0.2) is 12.1 Å². The van der Waals surface area contributed by atoms with Crippen LogP contribution in [0.1, 0.15) is 34.1 Å². The molecule has 14 heavy (non-hydrogen) atoms. The van der Waals surface area contributed by atoms with E-state index >= 15 is 0 Å². The first-order valence-corrected chi connectivity index (χ1v) is 5.31. The van der Waals surface area contributed by atoms with Gasteiger partial charge >= 0.3 is 5.97 Å². The van der Waals surface area contributed by atoms with Crippen LogP contribution in [-0.2, 0) is 9.53 Å². The van der Waals surface area contributed by atoms with E-state index in [1.54, 1.807) is 0 Å². The quantitative estimate of drug-likeness (QED) is 0.499. The molecule has 1 saturated carbocycles. The number of fused-ring (bicyclic) bond motifs is 1. The minimum absolute atomic E-state index is 0.0238. The Bertz CT molecular complexity index is 301. The summed E-state index contributed by atoms with van der Waals surface area (Å²) in [7, 11) is 0. The third kappa shape index (κ3) is 1.28. The van der Waals surface area contributed by atoms with Gasteiger partial charge in [0, 0.05) is 6.92 Å². The number of hydrogen-bond donors (Lipinski definition) is 0. The molecule has 2 aliphatic rings. The molecule has 0 bridgehead atoms. The van der Waals surface area contributed by atoms with E-state index < -0.39 is 0 Å². The molecule has 2 rings (SSSR count). The normalized spacial score (nSPS) is 34.4. The Morgan fingerprint density at radius 3 is 2.71 bits per heavy atom. The van der Waals surface area contributed by atoms with E-state index in [9.17, 15) is 4.79 Å². The van der Waals surface area contributed by atoms with E-state index in [2.05, 4.69) is 19.9 Å². The van der Waals surface area contributed by atoms with Gasteiger partial charge in [-0.05, 0) is 36.2 Å². The highest BCUT2D eigenvalue weighted by Gasteiger charge is 2.61. The van der Waals surface area contributed by atoms with Crippen LogP contribution in [0.15, 0.2) is 11.6 Å². The second-order valence-electron chi connectivity index (χ2n) is 5.10. The molecule has 1 fully saturated rings. The Kier molecular flexibility index (Phi) is 1.98. The highest BCUT2D eigenvalue weighted by molar-refractivity contribution is 5.66. The lowest BCUT2D eigenvalue weighted by atomic mass is 9.97. The second kappa shape index (κ2) is 2.85. The molecule has 2 aliphatic carbocycles. The Hall–Kier alpha value is -0.790. The maximum Gasteiger partial charge on any atom is 0.303 e. The predicted octanol–water partition coefficient (Wildman–Crippen LogP) is 2.54. The number of carbonyl (C=O) groups is 1. The number of esters is 1. The zero-order valence-corrected chi connectivity index (χ0v) is 9.33. The molecule has 0 aromatic carbocycles. The van der Waals surface area contributed by atoms with Crippen LogP contribution in [0.2, 0.25) is 0 Å². The predicted molar refractivity (Wildman–Crippen MR) is 54.7 cm³/mol. The minimum atomic E-state index is -0.180. The molecule has 3 atom stereocenters. The molecular weight excluding hydrogens is 176 g/mol. The van der Waals surface area contributed by atoms with Crippen LogP contribution in [0, 0.1) is 17.3 Å². The van der Waals surface area contributed by atoms with Gasteiger partial charge in [-0.25, -0.2) is 0 Å². The lowest BCUT2D eigenvalue weighted by molar-refractivity contribution is -0.144. The molecule has 78 valence electrons. The van der Waals surface area contributed by atoms with E-state index in [1.807, 2.05) is 6.92 Å². The van der Waals surface area contributed by atoms with Gasteiger partial charge in [0.1, 0.15) is 6.10 Å².